The van der Waals surface area contributed by atoms with Crippen LogP contribution in [0.2, 0.25) is 5.15 Å². The summed E-state index contributed by atoms with van der Waals surface area (Å²) in [5, 5.41) is 3.83. The summed E-state index contributed by atoms with van der Waals surface area (Å²) in [7, 11) is 0. The van der Waals surface area contributed by atoms with Gasteiger partial charge in [0.2, 0.25) is 0 Å². The van der Waals surface area contributed by atoms with Crippen molar-refractivity contribution in [2.75, 3.05) is 24.5 Å². The fourth-order valence-electron chi connectivity index (χ4n) is 1.63. The molecule has 14 heavy (non-hydrogen) atoms. The molecule has 0 unspecified atom stereocenters. The third-order valence-corrected chi connectivity index (χ3v) is 2.47. The lowest BCUT2D eigenvalue weighted by atomic mass is 10.2. The summed E-state index contributed by atoms with van der Waals surface area (Å²) in [6.07, 6.45) is 3.31. The first-order valence-corrected chi connectivity index (χ1v) is 5.09. The lowest BCUT2D eigenvalue weighted by molar-refractivity contribution is 0.482. The summed E-state index contributed by atoms with van der Waals surface area (Å²) < 4.78 is 0. The molecule has 1 aromatic heterocycles. The van der Waals surface area contributed by atoms with E-state index >= 15 is 0 Å². The summed E-state index contributed by atoms with van der Waals surface area (Å²) in [6.45, 7) is 5.05. The fourth-order valence-corrected chi connectivity index (χ4v) is 1.77. The topological polar surface area (TPSA) is 41.1 Å². The van der Waals surface area contributed by atoms with E-state index in [0.29, 0.717) is 11.2 Å². The van der Waals surface area contributed by atoms with E-state index in [1.54, 1.807) is 12.4 Å². The van der Waals surface area contributed by atoms with Gasteiger partial charge in [0.1, 0.15) is 11.0 Å². The first kappa shape index (κ1) is 9.68. The summed E-state index contributed by atoms with van der Waals surface area (Å²) in [5.41, 5.74) is 0. The molecule has 1 aliphatic heterocycles. The van der Waals surface area contributed by atoms with E-state index in [1.165, 1.54) is 0 Å². The van der Waals surface area contributed by atoms with Crippen molar-refractivity contribution in [1.29, 1.82) is 0 Å². The Hall–Kier alpha value is -0.870. The highest BCUT2D eigenvalue weighted by molar-refractivity contribution is 6.29. The standard InChI is InChI=1S/C9H13ClN4/c1-7-6-14(3-2-12-7)9-5-11-4-8(10)13-9/h4-5,7,12H,2-3,6H2,1H3/t7-/m1/s1. The fraction of sp³-hybridized carbons (Fsp3) is 0.556. The number of halogens is 1. The minimum Gasteiger partial charge on any atom is -0.352 e. The van der Waals surface area contributed by atoms with Crippen LogP contribution in [0.25, 0.3) is 0 Å². The van der Waals surface area contributed by atoms with Crippen molar-refractivity contribution in [3.63, 3.8) is 0 Å². The van der Waals surface area contributed by atoms with Gasteiger partial charge >= 0.3 is 0 Å². The molecule has 1 N–H and O–H groups in total. The van der Waals surface area contributed by atoms with Crippen LogP contribution in [0.3, 0.4) is 0 Å². The van der Waals surface area contributed by atoms with Crippen molar-refractivity contribution in [2.24, 2.45) is 0 Å². The van der Waals surface area contributed by atoms with Crippen LogP contribution >= 0.6 is 11.6 Å². The van der Waals surface area contributed by atoms with Gasteiger partial charge in [0, 0.05) is 25.7 Å². The molecule has 0 aromatic carbocycles. The second kappa shape index (κ2) is 4.11. The molecule has 0 saturated carbocycles. The van der Waals surface area contributed by atoms with E-state index in [0.717, 1.165) is 25.5 Å². The minimum atomic E-state index is 0.452. The van der Waals surface area contributed by atoms with Crippen molar-refractivity contribution in [3.8, 4) is 0 Å². The lowest BCUT2D eigenvalue weighted by Gasteiger charge is -2.32. The second-order valence-corrected chi connectivity index (χ2v) is 3.89. The molecular formula is C9H13ClN4. The number of nitrogens with zero attached hydrogens (tertiary/aromatic N) is 3. The highest BCUT2D eigenvalue weighted by Gasteiger charge is 2.16. The maximum Gasteiger partial charge on any atom is 0.149 e. The van der Waals surface area contributed by atoms with Crippen LogP contribution in [-0.4, -0.2) is 35.6 Å². The highest BCUT2D eigenvalue weighted by atomic mass is 35.5. The molecule has 2 rings (SSSR count). The number of anilines is 1. The number of nitrogens with one attached hydrogen (secondary N) is 1. The smallest absolute Gasteiger partial charge is 0.149 e. The molecule has 4 nitrogen and oxygen atoms in total. The zero-order valence-electron chi connectivity index (χ0n) is 8.07. The first-order valence-electron chi connectivity index (χ1n) is 4.71. The maximum absolute atomic E-state index is 5.78. The van der Waals surface area contributed by atoms with Crippen molar-refractivity contribution in [1.82, 2.24) is 15.3 Å². The van der Waals surface area contributed by atoms with Crippen LogP contribution in [0.1, 0.15) is 6.92 Å². The molecule has 0 radical (unpaired) electrons. The molecule has 2 heterocycles. The predicted octanol–water partition coefficient (Wildman–Crippen LogP) is 0.928. The average molecular weight is 213 g/mol. The number of rotatable bonds is 1. The van der Waals surface area contributed by atoms with Gasteiger partial charge < -0.3 is 10.2 Å². The van der Waals surface area contributed by atoms with E-state index in [1.807, 2.05) is 0 Å². The van der Waals surface area contributed by atoms with Gasteiger partial charge in [0.05, 0.1) is 12.4 Å². The summed E-state index contributed by atoms with van der Waals surface area (Å²) in [6, 6.07) is 0.490. The van der Waals surface area contributed by atoms with E-state index in [-0.39, 0.29) is 0 Å². The van der Waals surface area contributed by atoms with Crippen molar-refractivity contribution in [2.45, 2.75) is 13.0 Å². The Morgan fingerprint density at radius 2 is 2.43 bits per heavy atom. The lowest BCUT2D eigenvalue weighted by Crippen LogP contribution is -2.49. The number of hydrogen-bond acceptors (Lipinski definition) is 4. The first-order chi connectivity index (χ1) is 6.75. The Bertz CT molecular complexity index is 317. The molecule has 0 amide bonds. The molecule has 0 spiro atoms. The normalized spacial score (nSPS) is 22.4. The molecule has 76 valence electrons. The SMILES string of the molecule is C[C@@H]1CN(c2cncc(Cl)n2)CCN1. The highest BCUT2D eigenvalue weighted by Crippen LogP contribution is 2.13. The van der Waals surface area contributed by atoms with E-state index in [4.69, 9.17) is 11.6 Å². The Kier molecular flexibility index (Phi) is 2.84. The van der Waals surface area contributed by atoms with Crippen molar-refractivity contribution >= 4 is 17.4 Å². The Labute approximate surface area is 88.3 Å². The van der Waals surface area contributed by atoms with Crippen molar-refractivity contribution in [3.05, 3.63) is 17.5 Å². The second-order valence-electron chi connectivity index (χ2n) is 3.50. The molecule has 0 aliphatic carbocycles. The monoisotopic (exact) mass is 212 g/mol. The van der Waals surface area contributed by atoms with Crippen LogP contribution in [0.4, 0.5) is 5.82 Å². The number of aromatic nitrogens is 2. The number of piperazine rings is 1. The largest absolute Gasteiger partial charge is 0.352 e. The third-order valence-electron chi connectivity index (χ3n) is 2.29. The van der Waals surface area contributed by atoms with Crippen LogP contribution in [-0.2, 0) is 0 Å². The van der Waals surface area contributed by atoms with Gasteiger partial charge in [-0.3, -0.25) is 4.98 Å². The number of hydrogen-bond donors (Lipinski definition) is 1. The third kappa shape index (κ3) is 2.13. The van der Waals surface area contributed by atoms with Gasteiger partial charge in [-0.05, 0) is 6.92 Å². The zero-order valence-corrected chi connectivity index (χ0v) is 8.83. The van der Waals surface area contributed by atoms with E-state index in [2.05, 4.69) is 27.1 Å². The quantitative estimate of drug-likeness (QED) is 0.752. The molecule has 1 saturated heterocycles. The summed E-state index contributed by atoms with van der Waals surface area (Å²) in [4.78, 5) is 10.5. The minimum absolute atomic E-state index is 0.452. The molecular weight excluding hydrogens is 200 g/mol. The zero-order chi connectivity index (χ0) is 9.97. The van der Waals surface area contributed by atoms with E-state index < -0.39 is 0 Å². The van der Waals surface area contributed by atoms with Gasteiger partial charge in [0.25, 0.3) is 0 Å². The molecule has 1 aliphatic rings. The van der Waals surface area contributed by atoms with Crippen LogP contribution in [0.5, 0.6) is 0 Å². The van der Waals surface area contributed by atoms with Gasteiger partial charge in [-0.1, -0.05) is 11.6 Å². The van der Waals surface area contributed by atoms with E-state index in [9.17, 15) is 0 Å². The maximum atomic E-state index is 5.78. The van der Waals surface area contributed by atoms with Crippen molar-refractivity contribution < 1.29 is 0 Å². The van der Waals surface area contributed by atoms with Gasteiger partial charge in [0.15, 0.2) is 0 Å². The van der Waals surface area contributed by atoms with Gasteiger partial charge in [-0.15, -0.1) is 0 Å². The predicted molar refractivity (Wildman–Crippen MR) is 56.7 cm³/mol. The molecule has 1 fully saturated rings. The molecule has 5 heteroatoms. The van der Waals surface area contributed by atoms with Gasteiger partial charge in [-0.2, -0.15) is 0 Å². The Morgan fingerprint density at radius 1 is 1.57 bits per heavy atom. The Balaban J connectivity index is 2.14. The Morgan fingerprint density at radius 3 is 3.14 bits per heavy atom. The molecule has 1 atom stereocenters. The van der Waals surface area contributed by atoms with Crippen LogP contribution in [0.15, 0.2) is 12.4 Å². The van der Waals surface area contributed by atoms with Crippen LogP contribution in [0, 0.1) is 0 Å². The average Bonchev–Trinajstić information content (AvgIpc) is 2.18. The molecule has 0 bridgehead atoms. The van der Waals surface area contributed by atoms with Crippen LogP contribution < -0.4 is 10.2 Å². The van der Waals surface area contributed by atoms with Gasteiger partial charge in [-0.25, -0.2) is 4.98 Å². The summed E-state index contributed by atoms with van der Waals surface area (Å²) in [5.74, 6) is 0.867. The molecule has 1 aromatic rings. The summed E-state index contributed by atoms with van der Waals surface area (Å²) >= 11 is 5.78.